The highest BCUT2D eigenvalue weighted by molar-refractivity contribution is 5.98. The van der Waals surface area contributed by atoms with E-state index in [1.807, 2.05) is 0 Å². The predicted molar refractivity (Wildman–Crippen MR) is 105 cm³/mol. The average molecular weight is 416 g/mol. The van der Waals surface area contributed by atoms with E-state index in [1.54, 1.807) is 44.4 Å². The van der Waals surface area contributed by atoms with Crippen molar-refractivity contribution >= 4 is 28.5 Å². The highest BCUT2D eigenvalue weighted by Crippen LogP contribution is 2.25. The number of hydrogen-bond acceptors (Lipinski definition) is 6. The summed E-state index contributed by atoms with van der Waals surface area (Å²) in [5.41, 5.74) is 1.33. The number of amides is 1. The molecule has 0 unspecified atom stereocenters. The average Bonchev–Trinajstić information content (AvgIpc) is 2.72. The van der Waals surface area contributed by atoms with Gasteiger partial charge in [0.25, 0.3) is 5.91 Å². The van der Waals surface area contributed by atoms with E-state index in [2.05, 4.69) is 15.0 Å². The van der Waals surface area contributed by atoms with Gasteiger partial charge >= 0.3 is 12.6 Å². The van der Waals surface area contributed by atoms with Crippen molar-refractivity contribution in [2.45, 2.75) is 13.5 Å². The van der Waals surface area contributed by atoms with E-state index in [4.69, 9.17) is 9.47 Å². The number of methoxy groups -OCH3 is 1. The fraction of sp³-hybridized carbons (Fsp3) is 0.190. The largest absolute Gasteiger partial charge is 0.497 e. The van der Waals surface area contributed by atoms with E-state index in [0.717, 1.165) is 0 Å². The maximum Gasteiger partial charge on any atom is 0.387 e. The molecule has 1 N–H and O–H groups in total. The van der Waals surface area contributed by atoms with Crippen LogP contribution in [-0.4, -0.2) is 37.2 Å². The minimum absolute atomic E-state index is 0.0383. The van der Waals surface area contributed by atoms with Crippen LogP contribution < -0.4 is 14.8 Å². The number of nitrogens with zero attached hydrogens (tertiary/aromatic N) is 1. The summed E-state index contributed by atoms with van der Waals surface area (Å²) in [7, 11) is 1.54. The molecule has 0 spiro atoms. The topological polar surface area (TPSA) is 86.8 Å². The predicted octanol–water partition coefficient (Wildman–Crippen LogP) is 3.95. The number of ether oxygens (including phenoxy) is 3. The number of para-hydroxylation sites is 2. The smallest absolute Gasteiger partial charge is 0.387 e. The van der Waals surface area contributed by atoms with Gasteiger partial charge in [-0.2, -0.15) is 8.78 Å². The number of halogens is 2. The van der Waals surface area contributed by atoms with Gasteiger partial charge in [0.2, 0.25) is 0 Å². The molecule has 0 aliphatic heterocycles. The molecule has 3 rings (SSSR count). The molecular weight excluding hydrogens is 398 g/mol. The van der Waals surface area contributed by atoms with Crippen LogP contribution in [0.15, 0.2) is 48.5 Å². The Bertz CT molecular complexity index is 1090. The Labute approximate surface area is 170 Å². The summed E-state index contributed by atoms with van der Waals surface area (Å²) in [6, 6.07) is 12.5. The lowest BCUT2D eigenvalue weighted by Crippen LogP contribution is -2.22. The number of rotatable bonds is 7. The number of fused-ring (bicyclic) bond motifs is 1. The normalized spacial score (nSPS) is 10.7. The Hall–Kier alpha value is -3.75. The monoisotopic (exact) mass is 416 g/mol. The molecule has 9 heteroatoms. The van der Waals surface area contributed by atoms with Crippen molar-refractivity contribution in [3.05, 3.63) is 59.8 Å². The van der Waals surface area contributed by atoms with E-state index >= 15 is 0 Å². The van der Waals surface area contributed by atoms with Crippen molar-refractivity contribution < 1.29 is 32.6 Å². The van der Waals surface area contributed by atoms with Crippen LogP contribution >= 0.6 is 0 Å². The Balaban J connectivity index is 1.67. The number of carbonyl (C=O) groups is 2. The zero-order valence-electron chi connectivity index (χ0n) is 16.1. The molecule has 0 aliphatic rings. The van der Waals surface area contributed by atoms with Gasteiger partial charge in [0.15, 0.2) is 6.61 Å². The second kappa shape index (κ2) is 9.17. The number of aryl methyl sites for hydroxylation is 1. The fourth-order valence-electron chi connectivity index (χ4n) is 2.74. The van der Waals surface area contributed by atoms with Gasteiger partial charge in [0.05, 0.1) is 29.6 Å². The Morgan fingerprint density at radius 1 is 1.13 bits per heavy atom. The quantitative estimate of drug-likeness (QED) is 0.587. The van der Waals surface area contributed by atoms with Gasteiger partial charge in [-0.1, -0.05) is 12.1 Å². The first-order valence-corrected chi connectivity index (χ1v) is 8.83. The zero-order valence-corrected chi connectivity index (χ0v) is 16.1. The van der Waals surface area contributed by atoms with Crippen molar-refractivity contribution in [3.8, 4) is 11.5 Å². The molecule has 30 heavy (non-hydrogen) atoms. The minimum Gasteiger partial charge on any atom is -0.497 e. The summed E-state index contributed by atoms with van der Waals surface area (Å²) in [6.45, 7) is -2.00. The van der Waals surface area contributed by atoms with Gasteiger partial charge in [0.1, 0.15) is 11.5 Å². The van der Waals surface area contributed by atoms with Crippen LogP contribution in [0.25, 0.3) is 10.9 Å². The molecule has 2 aromatic carbocycles. The first-order valence-electron chi connectivity index (χ1n) is 8.83. The number of hydrogen-bond donors (Lipinski definition) is 1. The maximum absolute atomic E-state index is 12.5. The molecule has 0 radical (unpaired) electrons. The summed E-state index contributed by atoms with van der Waals surface area (Å²) in [5.74, 6) is -0.996. The maximum atomic E-state index is 12.5. The van der Waals surface area contributed by atoms with Crippen LogP contribution in [0.2, 0.25) is 0 Å². The standard InChI is InChI=1S/C21H18F2N2O5/c1-12-15(9-13-7-8-14(28-2)10-17(13)24-12)20(27)29-11-19(26)25-16-5-3-4-6-18(16)30-21(22)23/h3-10,21H,11H2,1-2H3,(H,25,26). The van der Waals surface area contributed by atoms with Gasteiger partial charge in [-0.3, -0.25) is 9.78 Å². The zero-order chi connectivity index (χ0) is 21.7. The van der Waals surface area contributed by atoms with Gasteiger partial charge in [0, 0.05) is 11.5 Å². The van der Waals surface area contributed by atoms with E-state index in [-0.39, 0.29) is 17.0 Å². The Morgan fingerprint density at radius 2 is 1.90 bits per heavy atom. The van der Waals surface area contributed by atoms with Crippen LogP contribution in [-0.2, 0) is 9.53 Å². The third-order valence-electron chi connectivity index (χ3n) is 4.15. The molecule has 1 aromatic heterocycles. The molecule has 1 amide bonds. The SMILES string of the molecule is COc1ccc2cc(C(=O)OCC(=O)Nc3ccccc3OC(F)F)c(C)nc2c1. The molecule has 0 saturated heterocycles. The van der Waals surface area contributed by atoms with E-state index in [1.165, 1.54) is 18.2 Å². The number of esters is 1. The molecule has 3 aromatic rings. The molecule has 7 nitrogen and oxygen atoms in total. The summed E-state index contributed by atoms with van der Waals surface area (Å²) in [5, 5.41) is 3.08. The van der Waals surface area contributed by atoms with E-state index in [0.29, 0.717) is 22.3 Å². The van der Waals surface area contributed by atoms with Gasteiger partial charge in [-0.05, 0) is 37.3 Å². The van der Waals surface area contributed by atoms with E-state index in [9.17, 15) is 18.4 Å². The van der Waals surface area contributed by atoms with Crippen LogP contribution in [0.4, 0.5) is 14.5 Å². The molecule has 0 saturated carbocycles. The molecule has 0 fully saturated rings. The number of pyridine rings is 1. The van der Waals surface area contributed by atoms with Crippen molar-refractivity contribution in [3.63, 3.8) is 0 Å². The lowest BCUT2D eigenvalue weighted by molar-refractivity contribution is -0.119. The van der Waals surface area contributed by atoms with Gasteiger partial charge in [-0.15, -0.1) is 0 Å². The lowest BCUT2D eigenvalue weighted by Gasteiger charge is -2.12. The molecule has 0 atom stereocenters. The number of aromatic nitrogens is 1. The second-order valence-corrected chi connectivity index (χ2v) is 6.18. The number of anilines is 1. The van der Waals surface area contributed by atoms with Gasteiger partial charge in [-0.25, -0.2) is 4.79 Å². The Kier molecular flexibility index (Phi) is 6.41. The van der Waals surface area contributed by atoms with Crippen molar-refractivity contribution in [2.24, 2.45) is 0 Å². The first kappa shape index (κ1) is 21.0. The third kappa shape index (κ3) is 4.99. The molecule has 156 valence electrons. The van der Waals surface area contributed by atoms with Crippen LogP contribution in [0.1, 0.15) is 16.1 Å². The van der Waals surface area contributed by atoms with Crippen molar-refractivity contribution in [1.29, 1.82) is 0 Å². The first-order chi connectivity index (χ1) is 14.4. The second-order valence-electron chi connectivity index (χ2n) is 6.18. The molecule has 0 bridgehead atoms. The van der Waals surface area contributed by atoms with Crippen molar-refractivity contribution in [2.75, 3.05) is 19.0 Å². The number of nitrogens with one attached hydrogen (secondary N) is 1. The summed E-state index contributed by atoms with van der Waals surface area (Å²) < 4.78 is 39.5. The van der Waals surface area contributed by atoms with E-state index < -0.39 is 25.1 Å². The minimum atomic E-state index is -3.04. The van der Waals surface area contributed by atoms with Crippen LogP contribution in [0, 0.1) is 6.92 Å². The summed E-state index contributed by atoms with van der Waals surface area (Å²) in [4.78, 5) is 28.9. The van der Waals surface area contributed by atoms with Crippen LogP contribution in [0.5, 0.6) is 11.5 Å². The highest BCUT2D eigenvalue weighted by Gasteiger charge is 2.17. The number of benzene rings is 2. The van der Waals surface area contributed by atoms with Crippen molar-refractivity contribution in [1.82, 2.24) is 4.98 Å². The van der Waals surface area contributed by atoms with Crippen LogP contribution in [0.3, 0.4) is 0 Å². The number of alkyl halides is 2. The summed E-state index contributed by atoms with van der Waals surface area (Å²) >= 11 is 0. The summed E-state index contributed by atoms with van der Waals surface area (Å²) in [6.07, 6.45) is 0. The lowest BCUT2D eigenvalue weighted by atomic mass is 10.1. The third-order valence-corrected chi connectivity index (χ3v) is 4.15. The number of carbonyl (C=O) groups excluding carboxylic acids is 2. The molecule has 1 heterocycles. The van der Waals surface area contributed by atoms with Gasteiger partial charge < -0.3 is 19.5 Å². The molecular formula is C21H18F2N2O5. The fourth-order valence-corrected chi connectivity index (χ4v) is 2.74. The molecule has 0 aliphatic carbocycles. The Morgan fingerprint density at radius 3 is 2.63 bits per heavy atom. The highest BCUT2D eigenvalue weighted by atomic mass is 19.3.